The standard InChI is InChI=1S/C28H36ClN3O6S/c1-28(2)18-19-14-22(32(39(33)34)21-4-5-21)17-25(26(19)38-28)35-11-3-6-30-7-9-31(10-8-30)23-15-20(29)16-24-27(23)37-13-12-36-24/h14-17,21H,3-13,18H2,1-2H3,(H,33,34). The van der Waals surface area contributed by atoms with E-state index in [1.165, 1.54) is 0 Å². The van der Waals surface area contributed by atoms with Gasteiger partial charge in [0, 0.05) is 67.9 Å². The van der Waals surface area contributed by atoms with Crippen LogP contribution in [0.2, 0.25) is 5.02 Å². The van der Waals surface area contributed by atoms with Crippen molar-refractivity contribution in [2.24, 2.45) is 0 Å². The second kappa shape index (κ2) is 10.9. The maximum atomic E-state index is 12.1. The summed E-state index contributed by atoms with van der Waals surface area (Å²) in [6.07, 6.45) is 3.45. The van der Waals surface area contributed by atoms with Crippen LogP contribution in [0.5, 0.6) is 23.0 Å². The molecule has 39 heavy (non-hydrogen) atoms. The van der Waals surface area contributed by atoms with Crippen LogP contribution < -0.4 is 28.2 Å². The molecule has 1 saturated heterocycles. The molecule has 2 aromatic rings. The monoisotopic (exact) mass is 577 g/mol. The minimum Gasteiger partial charge on any atom is -0.490 e. The highest BCUT2D eigenvalue weighted by Crippen LogP contribution is 2.46. The summed E-state index contributed by atoms with van der Waals surface area (Å²) < 4.78 is 47.7. The van der Waals surface area contributed by atoms with Gasteiger partial charge in [-0.3, -0.25) is 13.8 Å². The minimum absolute atomic E-state index is 0.104. The first-order chi connectivity index (χ1) is 18.8. The Morgan fingerprint density at radius 2 is 1.87 bits per heavy atom. The Kier molecular flexibility index (Phi) is 7.47. The van der Waals surface area contributed by atoms with Gasteiger partial charge in [-0.2, -0.15) is 0 Å². The van der Waals surface area contributed by atoms with E-state index in [-0.39, 0.29) is 11.6 Å². The lowest BCUT2D eigenvalue weighted by Gasteiger charge is -2.37. The summed E-state index contributed by atoms with van der Waals surface area (Å²) in [5, 5.41) is 0.655. The molecule has 1 atom stereocenters. The maximum absolute atomic E-state index is 12.1. The summed E-state index contributed by atoms with van der Waals surface area (Å²) in [6, 6.07) is 7.73. The van der Waals surface area contributed by atoms with Crippen molar-refractivity contribution in [1.29, 1.82) is 0 Å². The lowest BCUT2D eigenvalue weighted by molar-refractivity contribution is 0.131. The molecule has 0 amide bonds. The second-order valence-electron chi connectivity index (χ2n) is 11.2. The Morgan fingerprint density at radius 1 is 1.10 bits per heavy atom. The molecule has 2 aromatic carbocycles. The van der Waals surface area contributed by atoms with Crippen molar-refractivity contribution in [3.05, 3.63) is 34.9 Å². The van der Waals surface area contributed by atoms with Crippen molar-refractivity contribution in [1.82, 2.24) is 4.90 Å². The largest absolute Gasteiger partial charge is 0.490 e. The predicted octanol–water partition coefficient (Wildman–Crippen LogP) is 4.52. The molecule has 11 heteroatoms. The van der Waals surface area contributed by atoms with Crippen LogP contribution in [0, 0.1) is 0 Å². The number of hydrogen-bond donors (Lipinski definition) is 1. The quantitative estimate of drug-likeness (QED) is 0.344. The van der Waals surface area contributed by atoms with E-state index in [1.807, 2.05) is 24.3 Å². The highest BCUT2D eigenvalue weighted by molar-refractivity contribution is 7.80. The molecular formula is C28H36ClN3O6S. The molecule has 3 heterocycles. The molecule has 1 unspecified atom stereocenters. The Labute approximate surface area is 237 Å². The van der Waals surface area contributed by atoms with Crippen molar-refractivity contribution in [2.45, 2.75) is 51.2 Å². The van der Waals surface area contributed by atoms with Crippen LogP contribution in [0.25, 0.3) is 0 Å². The molecular weight excluding hydrogens is 542 g/mol. The number of ether oxygens (including phenoxy) is 4. The van der Waals surface area contributed by atoms with Gasteiger partial charge < -0.3 is 23.8 Å². The van der Waals surface area contributed by atoms with Crippen LogP contribution >= 0.6 is 11.6 Å². The molecule has 4 aliphatic rings. The topological polar surface area (TPSA) is 83.9 Å². The van der Waals surface area contributed by atoms with Crippen molar-refractivity contribution < 1.29 is 27.7 Å². The Hall–Kier alpha value is -2.40. The van der Waals surface area contributed by atoms with Crippen LogP contribution in [-0.2, 0) is 17.7 Å². The molecule has 0 spiro atoms. The number of anilines is 2. The fourth-order valence-electron chi connectivity index (χ4n) is 5.65. The van der Waals surface area contributed by atoms with E-state index in [9.17, 15) is 8.76 Å². The Bertz CT molecular complexity index is 1250. The molecule has 0 bridgehead atoms. The van der Waals surface area contributed by atoms with Crippen molar-refractivity contribution >= 4 is 34.2 Å². The first-order valence-electron chi connectivity index (χ1n) is 13.7. The van der Waals surface area contributed by atoms with E-state index in [2.05, 4.69) is 23.6 Å². The van der Waals surface area contributed by atoms with Gasteiger partial charge in [-0.05, 0) is 45.2 Å². The number of nitrogens with zero attached hydrogens (tertiary/aromatic N) is 3. The average molecular weight is 578 g/mol. The van der Waals surface area contributed by atoms with E-state index in [1.54, 1.807) is 4.31 Å². The van der Waals surface area contributed by atoms with Crippen molar-refractivity contribution in [3.63, 3.8) is 0 Å². The fraction of sp³-hybridized carbons (Fsp3) is 0.571. The van der Waals surface area contributed by atoms with E-state index < -0.39 is 11.3 Å². The molecule has 9 nitrogen and oxygen atoms in total. The van der Waals surface area contributed by atoms with Crippen LogP contribution in [0.1, 0.15) is 38.7 Å². The van der Waals surface area contributed by atoms with E-state index >= 15 is 0 Å². The number of benzene rings is 2. The summed E-state index contributed by atoms with van der Waals surface area (Å²) in [7, 11) is 0. The van der Waals surface area contributed by atoms with E-state index in [0.717, 1.165) is 92.6 Å². The van der Waals surface area contributed by atoms with Crippen molar-refractivity contribution in [2.75, 3.05) is 61.7 Å². The van der Waals surface area contributed by atoms with E-state index in [4.69, 9.17) is 30.5 Å². The van der Waals surface area contributed by atoms with Gasteiger partial charge in [-0.15, -0.1) is 0 Å². The molecule has 1 N–H and O–H groups in total. The maximum Gasteiger partial charge on any atom is 0.262 e. The fourth-order valence-corrected chi connectivity index (χ4v) is 6.61. The van der Waals surface area contributed by atoms with Crippen molar-refractivity contribution in [3.8, 4) is 23.0 Å². The number of halogens is 1. The summed E-state index contributed by atoms with van der Waals surface area (Å²) >= 11 is 4.28. The summed E-state index contributed by atoms with van der Waals surface area (Å²) in [6.45, 7) is 10.3. The number of rotatable bonds is 9. The molecule has 0 aromatic heterocycles. The first-order valence-corrected chi connectivity index (χ1v) is 15.2. The molecule has 2 fully saturated rings. The zero-order chi connectivity index (χ0) is 27.1. The SMILES string of the molecule is CC1(C)Cc2cc(N(C3CC3)S(=O)O)cc(OCCCN3CCN(c4cc(Cl)cc5c4OCCO5)CC3)c2O1. The predicted molar refractivity (Wildman–Crippen MR) is 152 cm³/mol. The van der Waals surface area contributed by atoms with Crippen LogP contribution in [0.15, 0.2) is 24.3 Å². The zero-order valence-corrected chi connectivity index (χ0v) is 24.1. The molecule has 1 aliphatic carbocycles. The normalized spacial score (nSPS) is 20.8. The number of fused-ring (bicyclic) bond motifs is 2. The third kappa shape index (κ3) is 5.89. The van der Waals surface area contributed by atoms with Crippen LogP contribution in [-0.4, -0.2) is 77.8 Å². The number of piperazine rings is 1. The Morgan fingerprint density at radius 3 is 2.62 bits per heavy atom. The van der Waals surface area contributed by atoms with E-state index in [0.29, 0.717) is 30.6 Å². The molecule has 0 radical (unpaired) electrons. The smallest absolute Gasteiger partial charge is 0.262 e. The molecule has 1 saturated carbocycles. The summed E-state index contributed by atoms with van der Waals surface area (Å²) in [5.41, 5.74) is 2.42. The van der Waals surface area contributed by atoms with Gasteiger partial charge in [-0.25, -0.2) is 4.21 Å². The van der Waals surface area contributed by atoms with Crippen LogP contribution in [0.4, 0.5) is 11.4 Å². The highest BCUT2D eigenvalue weighted by atomic mass is 35.5. The van der Waals surface area contributed by atoms with Gasteiger partial charge in [0.2, 0.25) is 0 Å². The van der Waals surface area contributed by atoms with Gasteiger partial charge in [0.15, 0.2) is 23.0 Å². The highest BCUT2D eigenvalue weighted by Gasteiger charge is 2.37. The van der Waals surface area contributed by atoms with Gasteiger partial charge in [0.05, 0.1) is 18.0 Å². The average Bonchev–Trinajstić information content (AvgIpc) is 3.67. The third-order valence-corrected chi connectivity index (χ3v) is 8.65. The summed E-state index contributed by atoms with van der Waals surface area (Å²) in [4.78, 5) is 4.76. The Balaban J connectivity index is 1.05. The third-order valence-electron chi connectivity index (χ3n) is 7.59. The molecule has 6 rings (SSSR count). The van der Waals surface area contributed by atoms with Gasteiger partial charge >= 0.3 is 0 Å². The molecule has 212 valence electrons. The van der Waals surface area contributed by atoms with Gasteiger partial charge in [0.1, 0.15) is 18.8 Å². The lowest BCUT2D eigenvalue weighted by atomic mass is 10.0. The first kappa shape index (κ1) is 26.8. The zero-order valence-electron chi connectivity index (χ0n) is 22.5. The van der Waals surface area contributed by atoms with Gasteiger partial charge in [-0.1, -0.05) is 11.6 Å². The van der Waals surface area contributed by atoms with Gasteiger partial charge in [0.25, 0.3) is 11.3 Å². The molecule has 3 aliphatic heterocycles. The second-order valence-corrected chi connectivity index (χ2v) is 12.5. The lowest BCUT2D eigenvalue weighted by Crippen LogP contribution is -2.47. The minimum atomic E-state index is -2.07. The van der Waals surface area contributed by atoms with Crippen LogP contribution in [0.3, 0.4) is 0 Å². The number of hydrogen-bond acceptors (Lipinski definition) is 7. The summed E-state index contributed by atoms with van der Waals surface area (Å²) in [5.74, 6) is 2.92.